The van der Waals surface area contributed by atoms with Crippen LogP contribution in [0.3, 0.4) is 0 Å². The Morgan fingerprint density at radius 2 is 1.71 bits per heavy atom. The fourth-order valence-electron chi connectivity index (χ4n) is 1.96. The molecule has 0 aliphatic heterocycles. The molecule has 0 aliphatic carbocycles. The van der Waals surface area contributed by atoms with E-state index in [0.717, 1.165) is 11.8 Å². The van der Waals surface area contributed by atoms with Gasteiger partial charge in [0.25, 0.3) is 0 Å². The summed E-state index contributed by atoms with van der Waals surface area (Å²) in [5, 5.41) is 0. The van der Waals surface area contributed by atoms with Crippen LogP contribution < -0.4 is 9.46 Å². The van der Waals surface area contributed by atoms with Gasteiger partial charge in [-0.15, -0.1) is 0 Å². The van der Waals surface area contributed by atoms with Crippen molar-refractivity contribution in [2.24, 2.45) is 0 Å². The molecular formula is C17H19NO5S. The third kappa shape index (κ3) is 5.58. The van der Waals surface area contributed by atoms with Crippen molar-refractivity contribution in [3.63, 3.8) is 0 Å². The number of anilines is 1. The number of nitrogens with one attached hydrogen (secondary N) is 1. The summed E-state index contributed by atoms with van der Waals surface area (Å²) >= 11 is 0. The Hall–Kier alpha value is -2.54. The van der Waals surface area contributed by atoms with Crippen molar-refractivity contribution in [1.29, 1.82) is 0 Å². The molecule has 24 heavy (non-hydrogen) atoms. The minimum Gasteiger partial charge on any atom is -0.490 e. The molecule has 0 amide bonds. The van der Waals surface area contributed by atoms with Gasteiger partial charge in [0.2, 0.25) is 10.0 Å². The van der Waals surface area contributed by atoms with E-state index in [1.54, 1.807) is 12.1 Å². The lowest BCUT2D eigenvalue weighted by Crippen LogP contribution is -2.16. The van der Waals surface area contributed by atoms with Crippen LogP contribution in [0.25, 0.3) is 0 Å². The van der Waals surface area contributed by atoms with Crippen molar-refractivity contribution in [3.05, 3.63) is 59.7 Å². The second-order valence-electron chi connectivity index (χ2n) is 5.22. The van der Waals surface area contributed by atoms with E-state index in [0.29, 0.717) is 5.75 Å². The lowest BCUT2D eigenvalue weighted by atomic mass is 10.2. The zero-order valence-corrected chi connectivity index (χ0v) is 14.3. The molecule has 0 fully saturated rings. The highest BCUT2D eigenvalue weighted by atomic mass is 32.2. The average molecular weight is 349 g/mol. The Morgan fingerprint density at radius 1 is 1.04 bits per heavy atom. The second-order valence-corrected chi connectivity index (χ2v) is 6.97. The molecule has 7 heteroatoms. The summed E-state index contributed by atoms with van der Waals surface area (Å²) in [6.45, 7) is 2.24. The van der Waals surface area contributed by atoms with E-state index in [9.17, 15) is 13.2 Å². The van der Waals surface area contributed by atoms with Crippen LogP contribution in [0.15, 0.2) is 48.5 Å². The average Bonchev–Trinajstić information content (AvgIpc) is 2.52. The molecule has 0 radical (unpaired) electrons. The molecule has 6 nitrogen and oxygen atoms in total. The van der Waals surface area contributed by atoms with Crippen LogP contribution in [0.4, 0.5) is 5.69 Å². The van der Waals surface area contributed by atoms with Gasteiger partial charge >= 0.3 is 5.97 Å². The number of hydrogen-bond acceptors (Lipinski definition) is 5. The summed E-state index contributed by atoms with van der Waals surface area (Å²) in [6.07, 6.45) is 1.02. The number of ether oxygens (including phenoxy) is 2. The van der Waals surface area contributed by atoms with Crippen molar-refractivity contribution in [2.75, 3.05) is 24.2 Å². The molecule has 2 aromatic rings. The summed E-state index contributed by atoms with van der Waals surface area (Å²) in [7, 11) is -3.48. The van der Waals surface area contributed by atoms with Crippen LogP contribution in [-0.2, 0) is 14.8 Å². The smallest absolute Gasteiger partial charge is 0.340 e. The summed E-state index contributed by atoms with van der Waals surface area (Å²) in [4.78, 5) is 12.1. The Balaban J connectivity index is 1.90. The van der Waals surface area contributed by atoms with Gasteiger partial charge in [0, 0.05) is 0 Å². The van der Waals surface area contributed by atoms with Crippen LogP contribution in [-0.4, -0.2) is 33.9 Å². The largest absolute Gasteiger partial charge is 0.490 e. The van der Waals surface area contributed by atoms with Gasteiger partial charge in [-0.2, -0.15) is 0 Å². The van der Waals surface area contributed by atoms with E-state index in [4.69, 9.17) is 9.47 Å². The third-order valence-corrected chi connectivity index (χ3v) is 3.64. The predicted octanol–water partition coefficient (Wildman–Crippen LogP) is 2.60. The molecule has 0 spiro atoms. The molecule has 0 saturated carbocycles. The Labute approximate surface area is 141 Å². The third-order valence-electron chi connectivity index (χ3n) is 3.05. The zero-order chi connectivity index (χ0) is 17.6. The van der Waals surface area contributed by atoms with E-state index in [1.807, 2.05) is 31.2 Å². The van der Waals surface area contributed by atoms with Crippen molar-refractivity contribution >= 4 is 21.7 Å². The molecule has 128 valence electrons. The first-order chi connectivity index (χ1) is 11.3. The molecule has 0 unspecified atom stereocenters. The van der Waals surface area contributed by atoms with E-state index in [2.05, 4.69) is 4.72 Å². The number of para-hydroxylation sites is 1. The second kappa shape index (κ2) is 7.83. The normalized spacial score (nSPS) is 10.9. The Bertz CT molecular complexity index is 800. The minimum atomic E-state index is -3.48. The maximum Gasteiger partial charge on any atom is 0.340 e. The first kappa shape index (κ1) is 17.8. The number of carbonyl (C=O) groups is 1. The SMILES string of the molecule is Cc1ccc(OCCOC(=O)c2ccccc2NS(C)(=O)=O)cc1. The highest BCUT2D eigenvalue weighted by Gasteiger charge is 2.14. The van der Waals surface area contributed by atoms with Crippen LogP contribution >= 0.6 is 0 Å². The number of hydrogen-bond donors (Lipinski definition) is 1. The molecule has 0 bridgehead atoms. The lowest BCUT2D eigenvalue weighted by Gasteiger charge is -2.11. The number of rotatable bonds is 7. The summed E-state index contributed by atoms with van der Waals surface area (Å²) < 4.78 is 35.6. The maximum atomic E-state index is 12.1. The number of aryl methyl sites for hydroxylation is 1. The molecule has 0 aromatic heterocycles. The first-order valence-corrected chi connectivity index (χ1v) is 9.18. The maximum absolute atomic E-state index is 12.1. The standard InChI is InChI=1S/C17H19NO5S/c1-13-7-9-14(10-8-13)22-11-12-23-17(19)15-5-3-4-6-16(15)18-24(2,20)21/h3-10,18H,11-12H2,1-2H3. The summed E-state index contributed by atoms with van der Waals surface area (Å²) in [6, 6.07) is 13.8. The summed E-state index contributed by atoms with van der Waals surface area (Å²) in [5.41, 5.74) is 1.46. The van der Waals surface area contributed by atoms with Crippen LogP contribution in [0.1, 0.15) is 15.9 Å². The topological polar surface area (TPSA) is 81.7 Å². The number of carbonyl (C=O) groups excluding carboxylic acids is 1. The molecule has 0 heterocycles. The van der Waals surface area contributed by atoms with Gasteiger partial charge < -0.3 is 9.47 Å². The van der Waals surface area contributed by atoms with Gasteiger partial charge in [-0.1, -0.05) is 29.8 Å². The molecule has 2 aromatic carbocycles. The van der Waals surface area contributed by atoms with Gasteiger partial charge in [-0.25, -0.2) is 13.2 Å². The number of esters is 1. The molecule has 0 aliphatic rings. The van der Waals surface area contributed by atoms with Crippen LogP contribution in [0, 0.1) is 6.92 Å². The van der Waals surface area contributed by atoms with Crippen LogP contribution in [0.5, 0.6) is 5.75 Å². The van der Waals surface area contributed by atoms with Crippen molar-refractivity contribution in [2.45, 2.75) is 6.92 Å². The molecule has 0 saturated heterocycles. The molecule has 1 N–H and O–H groups in total. The quantitative estimate of drug-likeness (QED) is 0.614. The van der Waals surface area contributed by atoms with E-state index >= 15 is 0 Å². The monoisotopic (exact) mass is 349 g/mol. The van der Waals surface area contributed by atoms with Crippen molar-refractivity contribution in [3.8, 4) is 5.75 Å². The highest BCUT2D eigenvalue weighted by molar-refractivity contribution is 7.92. The minimum absolute atomic E-state index is 0.0555. The lowest BCUT2D eigenvalue weighted by molar-refractivity contribution is 0.0451. The van der Waals surface area contributed by atoms with Gasteiger partial charge in [0.1, 0.15) is 19.0 Å². The van der Waals surface area contributed by atoms with E-state index in [-0.39, 0.29) is 24.5 Å². The highest BCUT2D eigenvalue weighted by Crippen LogP contribution is 2.17. The fraction of sp³-hybridized carbons (Fsp3) is 0.235. The van der Waals surface area contributed by atoms with Gasteiger partial charge in [0.05, 0.1) is 17.5 Å². The number of benzene rings is 2. The zero-order valence-electron chi connectivity index (χ0n) is 13.5. The first-order valence-electron chi connectivity index (χ1n) is 7.28. The van der Waals surface area contributed by atoms with Crippen molar-refractivity contribution in [1.82, 2.24) is 0 Å². The fourth-order valence-corrected chi connectivity index (χ4v) is 2.53. The van der Waals surface area contributed by atoms with Gasteiger partial charge in [-0.05, 0) is 31.2 Å². The Kier molecular flexibility index (Phi) is 5.81. The van der Waals surface area contributed by atoms with Gasteiger partial charge in [-0.3, -0.25) is 4.72 Å². The predicted molar refractivity (Wildman–Crippen MR) is 91.9 cm³/mol. The van der Waals surface area contributed by atoms with E-state index in [1.165, 1.54) is 12.1 Å². The summed E-state index contributed by atoms with van der Waals surface area (Å²) in [5.74, 6) is 0.0741. The Morgan fingerprint density at radius 3 is 2.38 bits per heavy atom. The molecule has 2 rings (SSSR count). The molecule has 0 atom stereocenters. The molecular weight excluding hydrogens is 330 g/mol. The van der Waals surface area contributed by atoms with Crippen LogP contribution in [0.2, 0.25) is 0 Å². The van der Waals surface area contributed by atoms with Gasteiger partial charge in [0.15, 0.2) is 0 Å². The van der Waals surface area contributed by atoms with Crippen molar-refractivity contribution < 1.29 is 22.7 Å². The number of sulfonamides is 1. The van der Waals surface area contributed by atoms with E-state index < -0.39 is 16.0 Å².